The number of rotatable bonds is 4. The average molecular weight is 467 g/mol. The Morgan fingerprint density at radius 3 is 2.83 bits per heavy atom. The molecule has 0 aliphatic rings. The summed E-state index contributed by atoms with van der Waals surface area (Å²) in [6.07, 6.45) is 8.32. The van der Waals surface area contributed by atoms with Gasteiger partial charge >= 0.3 is 5.69 Å². The molecule has 174 valence electrons. The highest BCUT2D eigenvalue weighted by atomic mass is 16.5. The first-order valence-electron chi connectivity index (χ1n) is 10.8. The van der Waals surface area contributed by atoms with Crippen molar-refractivity contribution in [2.75, 3.05) is 14.2 Å². The number of benzene rings is 2. The molecule has 0 amide bonds. The predicted octanol–water partition coefficient (Wildman–Crippen LogP) is 3.28. The maximum absolute atomic E-state index is 13.5. The third-order valence-corrected chi connectivity index (χ3v) is 6.21. The molecule has 0 unspecified atom stereocenters. The van der Waals surface area contributed by atoms with Gasteiger partial charge in [0.1, 0.15) is 5.75 Å². The minimum atomic E-state index is -0.216. The Kier molecular flexibility index (Phi) is 4.49. The van der Waals surface area contributed by atoms with Gasteiger partial charge in [-0.25, -0.2) is 9.48 Å². The Bertz CT molecular complexity index is 1890. The number of aryl methyl sites for hydroxylation is 1. The number of pyridine rings is 1. The lowest BCUT2D eigenvalue weighted by Crippen LogP contribution is -2.17. The standard InChI is InChI=1S/C25H21N7O3/c1-27-12-14(11-26)21-20(34-3)10-16-22-23-18(13-28-16)30(2)25(33)32(23)17-9-15(31-8-4-7-29-31)5-6-19(17)35-24(21)22/h4-13H,26H2,1-3H3. The summed E-state index contributed by atoms with van der Waals surface area (Å²) in [5.74, 6) is 0.525. The van der Waals surface area contributed by atoms with Gasteiger partial charge in [-0.1, -0.05) is 0 Å². The van der Waals surface area contributed by atoms with Crippen molar-refractivity contribution in [3.63, 3.8) is 0 Å². The Hall–Kier alpha value is -4.86. The van der Waals surface area contributed by atoms with Gasteiger partial charge in [0.05, 0.1) is 52.0 Å². The summed E-state index contributed by atoms with van der Waals surface area (Å²) in [5.41, 5.74) is 11.3. The number of hydrogen-bond donors (Lipinski definition) is 1. The zero-order valence-electron chi connectivity index (χ0n) is 19.3. The molecule has 6 aromatic rings. The molecule has 6 rings (SSSR count). The highest BCUT2D eigenvalue weighted by Gasteiger charge is 2.24. The number of nitrogens with two attached hydrogens (primary N) is 1. The van der Waals surface area contributed by atoms with Crippen molar-refractivity contribution in [3.8, 4) is 11.4 Å². The molecule has 35 heavy (non-hydrogen) atoms. The van der Waals surface area contributed by atoms with Crippen LogP contribution in [0.15, 0.2) is 69.3 Å². The second-order valence-electron chi connectivity index (χ2n) is 8.06. The molecule has 10 heteroatoms. The van der Waals surface area contributed by atoms with E-state index in [0.29, 0.717) is 55.5 Å². The Morgan fingerprint density at radius 1 is 1.26 bits per heavy atom. The number of imidazole rings is 1. The lowest BCUT2D eigenvalue weighted by atomic mass is 10.0. The molecule has 4 heterocycles. The monoisotopic (exact) mass is 467 g/mol. The number of hydrogen-bond acceptors (Lipinski definition) is 7. The van der Waals surface area contributed by atoms with Crippen LogP contribution in [0.5, 0.6) is 5.75 Å². The van der Waals surface area contributed by atoms with Gasteiger partial charge in [0.2, 0.25) is 0 Å². The molecule has 2 aromatic carbocycles. The van der Waals surface area contributed by atoms with E-state index in [1.807, 2.05) is 36.5 Å². The summed E-state index contributed by atoms with van der Waals surface area (Å²) in [7, 11) is 4.97. The fourth-order valence-corrected chi connectivity index (χ4v) is 4.62. The quantitative estimate of drug-likeness (QED) is 0.398. The Labute approximate surface area is 198 Å². The lowest BCUT2D eigenvalue weighted by molar-refractivity contribution is 0.414. The largest absolute Gasteiger partial charge is 0.496 e. The number of methoxy groups -OCH3 is 1. The fraction of sp³-hybridized carbons (Fsp3) is 0.120. The average Bonchev–Trinajstić information content (AvgIpc) is 3.46. The summed E-state index contributed by atoms with van der Waals surface area (Å²) in [4.78, 5) is 22.3. The summed E-state index contributed by atoms with van der Waals surface area (Å²) >= 11 is 0. The molecule has 0 fully saturated rings. The fourth-order valence-electron chi connectivity index (χ4n) is 4.62. The van der Waals surface area contributed by atoms with Crippen molar-refractivity contribution in [2.45, 2.75) is 0 Å². The van der Waals surface area contributed by atoms with Crippen LogP contribution < -0.4 is 16.2 Å². The maximum atomic E-state index is 13.5. The van der Waals surface area contributed by atoms with E-state index in [1.54, 1.807) is 53.5 Å². The van der Waals surface area contributed by atoms with E-state index in [4.69, 9.17) is 14.9 Å². The SMILES string of the molecule is CN=CC(=CN)c1c(OC)cc2ncc3c4c2c1oc1ccc(-n2cccn2)cc1n4c(=O)n3C. The maximum Gasteiger partial charge on any atom is 0.333 e. The molecule has 0 saturated carbocycles. The number of ether oxygens (including phenoxy) is 1. The van der Waals surface area contributed by atoms with E-state index in [9.17, 15) is 4.79 Å². The van der Waals surface area contributed by atoms with E-state index >= 15 is 0 Å². The van der Waals surface area contributed by atoms with E-state index in [-0.39, 0.29) is 5.69 Å². The molecule has 0 saturated heterocycles. The number of allylic oxidation sites excluding steroid dienone is 1. The van der Waals surface area contributed by atoms with Crippen molar-refractivity contribution >= 4 is 50.4 Å². The van der Waals surface area contributed by atoms with Crippen molar-refractivity contribution in [3.05, 3.63) is 71.2 Å². The van der Waals surface area contributed by atoms with Gasteiger partial charge in [0.25, 0.3) is 0 Å². The molecule has 0 radical (unpaired) electrons. The van der Waals surface area contributed by atoms with E-state index in [0.717, 1.165) is 5.69 Å². The molecular formula is C25H21N7O3. The smallest absolute Gasteiger partial charge is 0.333 e. The van der Waals surface area contributed by atoms with Crippen LogP contribution in [-0.2, 0) is 7.05 Å². The van der Waals surface area contributed by atoms with E-state index in [2.05, 4.69) is 15.1 Å². The van der Waals surface area contributed by atoms with Crippen LogP contribution in [0.3, 0.4) is 0 Å². The van der Waals surface area contributed by atoms with E-state index in [1.165, 1.54) is 6.20 Å². The molecule has 0 aliphatic heterocycles. The van der Waals surface area contributed by atoms with Crippen LogP contribution in [0, 0.1) is 0 Å². The third kappa shape index (κ3) is 2.83. The number of aromatic nitrogens is 5. The summed E-state index contributed by atoms with van der Waals surface area (Å²) in [6.45, 7) is 0. The summed E-state index contributed by atoms with van der Waals surface area (Å²) < 4.78 is 17.3. The highest BCUT2D eigenvalue weighted by Crippen LogP contribution is 2.40. The summed E-state index contributed by atoms with van der Waals surface area (Å²) in [6, 6.07) is 9.25. The minimum absolute atomic E-state index is 0.216. The molecule has 0 bridgehead atoms. The van der Waals surface area contributed by atoms with Crippen molar-refractivity contribution in [1.29, 1.82) is 0 Å². The van der Waals surface area contributed by atoms with Gasteiger partial charge in [-0.3, -0.25) is 18.9 Å². The van der Waals surface area contributed by atoms with Crippen LogP contribution in [-0.4, -0.2) is 44.1 Å². The van der Waals surface area contributed by atoms with Crippen molar-refractivity contribution in [2.24, 2.45) is 17.8 Å². The zero-order valence-corrected chi connectivity index (χ0v) is 19.3. The number of aliphatic imine (C=N–C) groups is 1. The first kappa shape index (κ1) is 20.7. The number of nitrogens with zero attached hydrogens (tertiary/aromatic N) is 6. The van der Waals surface area contributed by atoms with Gasteiger partial charge < -0.3 is 14.9 Å². The Balaban J connectivity index is 1.93. The molecule has 0 atom stereocenters. The highest BCUT2D eigenvalue weighted by molar-refractivity contribution is 6.21. The topological polar surface area (TPSA) is 118 Å². The minimum Gasteiger partial charge on any atom is -0.496 e. The normalized spacial score (nSPS) is 12.7. The Morgan fingerprint density at radius 2 is 2.11 bits per heavy atom. The van der Waals surface area contributed by atoms with Crippen LogP contribution in [0.2, 0.25) is 0 Å². The second-order valence-corrected chi connectivity index (χ2v) is 8.06. The van der Waals surface area contributed by atoms with Crippen LogP contribution in [0.1, 0.15) is 5.56 Å². The summed E-state index contributed by atoms with van der Waals surface area (Å²) in [5, 5.41) is 5.00. The molecule has 2 N–H and O–H groups in total. The zero-order chi connectivity index (χ0) is 24.3. The van der Waals surface area contributed by atoms with Crippen LogP contribution in [0.4, 0.5) is 0 Å². The van der Waals surface area contributed by atoms with Crippen molar-refractivity contribution < 1.29 is 9.15 Å². The molecule has 0 aliphatic carbocycles. The lowest BCUT2D eigenvalue weighted by Gasteiger charge is -2.12. The first-order chi connectivity index (χ1) is 17.1. The van der Waals surface area contributed by atoms with Gasteiger partial charge in [0, 0.05) is 50.5 Å². The molecule has 4 aromatic heterocycles. The molecule has 10 nitrogen and oxygen atoms in total. The van der Waals surface area contributed by atoms with Gasteiger partial charge in [-0.05, 0) is 24.3 Å². The van der Waals surface area contributed by atoms with Crippen LogP contribution in [0.25, 0.3) is 49.9 Å². The molecule has 0 spiro atoms. The predicted molar refractivity (Wildman–Crippen MR) is 135 cm³/mol. The van der Waals surface area contributed by atoms with E-state index < -0.39 is 0 Å². The van der Waals surface area contributed by atoms with Gasteiger partial charge in [-0.15, -0.1) is 0 Å². The van der Waals surface area contributed by atoms with Gasteiger partial charge in [-0.2, -0.15) is 5.10 Å². The number of fused-ring (bicyclic) bond motifs is 2. The first-order valence-corrected chi connectivity index (χ1v) is 10.8. The van der Waals surface area contributed by atoms with Crippen LogP contribution >= 0.6 is 0 Å². The second kappa shape index (κ2) is 7.59. The molecular weight excluding hydrogens is 446 g/mol. The third-order valence-electron chi connectivity index (χ3n) is 6.21. The van der Waals surface area contributed by atoms with Crippen molar-refractivity contribution in [1.82, 2.24) is 23.7 Å². The van der Waals surface area contributed by atoms with Gasteiger partial charge in [0.15, 0.2) is 11.2 Å².